The molecule has 8 nitrogen and oxygen atoms in total. The predicted molar refractivity (Wildman–Crippen MR) is 136 cm³/mol. The van der Waals surface area contributed by atoms with E-state index >= 15 is 0 Å². The maximum atomic E-state index is 14.1. The van der Waals surface area contributed by atoms with Gasteiger partial charge < -0.3 is 5.32 Å². The summed E-state index contributed by atoms with van der Waals surface area (Å²) in [5.41, 5.74) is 6.24. The molecular weight excluding hydrogens is 466 g/mol. The molecule has 0 aliphatic carbocycles. The molecule has 2 aliphatic rings. The third-order valence-corrected chi connectivity index (χ3v) is 7.93. The van der Waals surface area contributed by atoms with Crippen LogP contribution in [0.5, 0.6) is 0 Å². The van der Waals surface area contributed by atoms with Gasteiger partial charge in [-0.15, -0.1) is 23.1 Å². The minimum Gasteiger partial charge on any atom is -0.360 e. The fourth-order valence-corrected chi connectivity index (χ4v) is 6.34. The standard InChI is InChI=1S/C24H21N7OS2/c1-14(29-22-21-23(26-12-25-22)34-13-27-21)18-8-19-20(17(11-33-19)15-9-28-30(2)10-15)24(32)31(18)16-6-4-3-5-7-16/h3-14,19-20H,1-2H3,(H,25,26,29)/t14-,19?,20?/m0/s1. The van der Waals surface area contributed by atoms with Crippen LogP contribution in [0.2, 0.25) is 0 Å². The number of fused-ring (bicyclic) bond motifs is 2. The highest BCUT2D eigenvalue weighted by Gasteiger charge is 2.44. The summed E-state index contributed by atoms with van der Waals surface area (Å²) in [6.45, 7) is 2.05. The van der Waals surface area contributed by atoms with Gasteiger partial charge in [0.2, 0.25) is 5.91 Å². The fraction of sp³-hybridized carbons (Fsp3) is 0.208. The van der Waals surface area contributed by atoms with Gasteiger partial charge >= 0.3 is 0 Å². The SMILES string of the molecule is C[C@H](Nc1ncnc2scnc12)C1=CC2SC=C(c3cnn(C)c3)C2C(=O)N1c1ccccc1. The zero-order valence-corrected chi connectivity index (χ0v) is 20.1. The average Bonchev–Trinajstić information content (AvgIpc) is 3.59. The number of anilines is 2. The van der Waals surface area contributed by atoms with Crippen LogP contribution in [-0.2, 0) is 11.8 Å². The van der Waals surface area contributed by atoms with Crippen molar-refractivity contribution in [2.45, 2.75) is 18.2 Å². The lowest BCUT2D eigenvalue weighted by Gasteiger charge is -2.38. The van der Waals surface area contributed by atoms with E-state index in [0.29, 0.717) is 5.82 Å². The van der Waals surface area contributed by atoms with Gasteiger partial charge in [0.05, 0.1) is 23.7 Å². The van der Waals surface area contributed by atoms with Crippen molar-refractivity contribution < 1.29 is 4.79 Å². The predicted octanol–water partition coefficient (Wildman–Crippen LogP) is 4.32. The number of carbonyl (C=O) groups excluding carboxylic acids is 1. The summed E-state index contributed by atoms with van der Waals surface area (Å²) >= 11 is 3.16. The van der Waals surface area contributed by atoms with Crippen molar-refractivity contribution in [2.24, 2.45) is 13.0 Å². The van der Waals surface area contributed by atoms with Crippen LogP contribution in [0.3, 0.4) is 0 Å². The molecule has 0 radical (unpaired) electrons. The summed E-state index contributed by atoms with van der Waals surface area (Å²) in [4.78, 5) is 29.9. The van der Waals surface area contributed by atoms with Gasteiger partial charge in [0.25, 0.3) is 0 Å². The number of amides is 1. The van der Waals surface area contributed by atoms with Crippen LogP contribution in [0.15, 0.2) is 71.7 Å². The summed E-state index contributed by atoms with van der Waals surface area (Å²) in [5, 5.41) is 9.91. The Hall–Kier alpha value is -3.50. The second kappa shape index (κ2) is 8.37. The second-order valence-corrected chi connectivity index (χ2v) is 10.1. The summed E-state index contributed by atoms with van der Waals surface area (Å²) in [5.74, 6) is 0.453. The van der Waals surface area contributed by atoms with Crippen molar-refractivity contribution in [3.63, 3.8) is 0 Å². The molecule has 1 N–H and O–H groups in total. The number of nitrogens with one attached hydrogen (secondary N) is 1. The lowest BCUT2D eigenvalue weighted by atomic mass is 9.87. The van der Waals surface area contributed by atoms with Crippen molar-refractivity contribution in [3.05, 3.63) is 77.3 Å². The molecule has 3 aromatic heterocycles. The van der Waals surface area contributed by atoms with E-state index < -0.39 is 0 Å². The lowest BCUT2D eigenvalue weighted by Crippen LogP contribution is -2.47. The van der Waals surface area contributed by atoms with Gasteiger partial charge in [-0.3, -0.25) is 14.4 Å². The molecular formula is C24H21N7OS2. The second-order valence-electron chi connectivity index (χ2n) is 8.25. The van der Waals surface area contributed by atoms with Gasteiger partial charge in [0, 0.05) is 35.4 Å². The van der Waals surface area contributed by atoms with E-state index in [1.807, 2.05) is 61.6 Å². The molecule has 3 atom stereocenters. The first-order chi connectivity index (χ1) is 16.6. The van der Waals surface area contributed by atoms with E-state index in [4.69, 9.17) is 0 Å². The Bertz CT molecular complexity index is 1440. The highest BCUT2D eigenvalue weighted by atomic mass is 32.2. The minimum atomic E-state index is -0.269. The van der Waals surface area contributed by atoms with E-state index in [9.17, 15) is 4.79 Å². The Kier molecular flexibility index (Phi) is 5.19. The van der Waals surface area contributed by atoms with Crippen LogP contribution in [0, 0.1) is 5.92 Å². The molecule has 10 heteroatoms. The first-order valence-corrected chi connectivity index (χ1v) is 12.7. The van der Waals surface area contributed by atoms with Gasteiger partial charge in [-0.25, -0.2) is 15.0 Å². The smallest absolute Gasteiger partial charge is 0.240 e. The van der Waals surface area contributed by atoms with Crippen molar-refractivity contribution in [1.29, 1.82) is 0 Å². The van der Waals surface area contributed by atoms with Gasteiger partial charge in [-0.05, 0) is 36.1 Å². The van der Waals surface area contributed by atoms with E-state index in [1.165, 1.54) is 17.7 Å². The number of benzene rings is 1. The van der Waals surface area contributed by atoms with Gasteiger partial charge in [0.1, 0.15) is 16.7 Å². The van der Waals surface area contributed by atoms with Gasteiger partial charge in [-0.1, -0.05) is 18.2 Å². The van der Waals surface area contributed by atoms with Gasteiger partial charge in [0.15, 0.2) is 5.82 Å². The van der Waals surface area contributed by atoms with Crippen molar-refractivity contribution in [3.8, 4) is 0 Å². The summed E-state index contributed by atoms with van der Waals surface area (Å²) in [6, 6.07) is 9.62. The molecule has 1 aromatic carbocycles. The monoisotopic (exact) mass is 487 g/mol. The number of hydrogen-bond acceptors (Lipinski definition) is 8. The van der Waals surface area contributed by atoms with E-state index in [1.54, 1.807) is 22.0 Å². The van der Waals surface area contributed by atoms with Crippen LogP contribution in [0.4, 0.5) is 11.5 Å². The molecule has 170 valence electrons. The molecule has 2 unspecified atom stereocenters. The fourth-order valence-electron chi connectivity index (χ4n) is 4.49. The number of thiazole rings is 1. The van der Waals surface area contributed by atoms with E-state index in [2.05, 4.69) is 36.9 Å². The van der Waals surface area contributed by atoms with E-state index in [0.717, 1.165) is 32.9 Å². The number of thioether (sulfide) groups is 1. The lowest BCUT2D eigenvalue weighted by molar-refractivity contribution is -0.120. The molecule has 6 rings (SSSR count). The highest BCUT2D eigenvalue weighted by molar-refractivity contribution is 8.03. The minimum absolute atomic E-state index is 0.0200. The molecule has 1 amide bonds. The molecule has 2 aliphatic heterocycles. The van der Waals surface area contributed by atoms with Gasteiger partial charge in [-0.2, -0.15) is 5.10 Å². The average molecular weight is 488 g/mol. The van der Waals surface area contributed by atoms with Crippen molar-refractivity contribution in [1.82, 2.24) is 24.7 Å². The molecule has 0 saturated carbocycles. The number of hydrogen-bond donors (Lipinski definition) is 1. The normalized spacial score (nSPS) is 20.8. The number of aryl methyl sites for hydroxylation is 1. The Morgan fingerprint density at radius 2 is 2.00 bits per heavy atom. The largest absolute Gasteiger partial charge is 0.360 e. The number of nitrogens with zero attached hydrogens (tertiary/aromatic N) is 6. The Balaban J connectivity index is 1.39. The van der Waals surface area contributed by atoms with Crippen molar-refractivity contribution >= 4 is 56.4 Å². The number of aromatic nitrogens is 5. The number of rotatable bonds is 5. The van der Waals surface area contributed by atoms with Crippen molar-refractivity contribution in [2.75, 3.05) is 10.2 Å². The summed E-state index contributed by atoms with van der Waals surface area (Å²) in [7, 11) is 1.89. The maximum Gasteiger partial charge on any atom is 0.240 e. The molecule has 4 aromatic rings. The molecule has 34 heavy (non-hydrogen) atoms. The molecule has 0 bridgehead atoms. The topological polar surface area (TPSA) is 88.8 Å². The number of carbonyl (C=O) groups is 1. The molecule has 5 heterocycles. The zero-order valence-electron chi connectivity index (χ0n) is 18.5. The Labute approximate surface area is 204 Å². The maximum absolute atomic E-state index is 14.1. The van der Waals surface area contributed by atoms with Crippen LogP contribution < -0.4 is 10.2 Å². The summed E-state index contributed by atoms with van der Waals surface area (Å²) < 4.78 is 1.77. The van der Waals surface area contributed by atoms with E-state index in [-0.39, 0.29) is 23.1 Å². The zero-order chi connectivity index (χ0) is 23.2. The Morgan fingerprint density at radius 3 is 2.79 bits per heavy atom. The van der Waals surface area contributed by atoms with Crippen LogP contribution >= 0.6 is 23.1 Å². The molecule has 0 saturated heterocycles. The molecule has 0 fully saturated rings. The quantitative estimate of drug-likeness (QED) is 0.448. The summed E-state index contributed by atoms with van der Waals surface area (Å²) in [6.07, 6.45) is 7.54. The first kappa shape index (κ1) is 21.1. The van der Waals surface area contributed by atoms with Crippen LogP contribution in [0.25, 0.3) is 15.9 Å². The highest BCUT2D eigenvalue weighted by Crippen LogP contribution is 2.47. The number of para-hydroxylation sites is 1. The third-order valence-electron chi connectivity index (χ3n) is 6.08. The Morgan fingerprint density at radius 1 is 1.15 bits per heavy atom. The first-order valence-electron chi connectivity index (χ1n) is 10.9. The van der Waals surface area contributed by atoms with Crippen LogP contribution in [-0.4, -0.2) is 41.9 Å². The molecule has 0 spiro atoms. The third kappa shape index (κ3) is 3.50. The van der Waals surface area contributed by atoms with Crippen LogP contribution in [0.1, 0.15) is 12.5 Å².